The van der Waals surface area contributed by atoms with Crippen LogP contribution < -0.4 is 5.56 Å². The predicted molar refractivity (Wildman–Crippen MR) is 129 cm³/mol. The summed E-state index contributed by atoms with van der Waals surface area (Å²) in [6, 6.07) is 16.6. The van der Waals surface area contributed by atoms with Crippen LogP contribution in [-0.2, 0) is 24.2 Å². The van der Waals surface area contributed by atoms with E-state index in [2.05, 4.69) is 16.8 Å². The first-order valence-electron chi connectivity index (χ1n) is 11.1. The van der Waals surface area contributed by atoms with E-state index < -0.39 is 17.6 Å². The fourth-order valence-electron chi connectivity index (χ4n) is 3.77. The van der Waals surface area contributed by atoms with Crippen LogP contribution in [0.4, 0.5) is 8.78 Å². The number of fused-ring (bicyclic) bond motifs is 1. The lowest BCUT2D eigenvalue weighted by Crippen LogP contribution is -2.21. The van der Waals surface area contributed by atoms with Crippen molar-refractivity contribution in [1.29, 1.82) is 0 Å². The molecular weight excluding hydrogens is 450 g/mol. The van der Waals surface area contributed by atoms with Crippen molar-refractivity contribution in [1.82, 2.24) is 9.55 Å². The van der Waals surface area contributed by atoms with Gasteiger partial charge in [-0.2, -0.15) is 0 Å². The molecule has 7 heteroatoms. The van der Waals surface area contributed by atoms with Gasteiger partial charge in [-0.1, -0.05) is 42.2 Å². The van der Waals surface area contributed by atoms with Crippen molar-refractivity contribution in [2.24, 2.45) is 0 Å². The highest BCUT2D eigenvalue weighted by atomic mass is 19.2. The number of rotatable bonds is 7. The lowest BCUT2D eigenvalue weighted by atomic mass is 10.0. The molecule has 0 spiro atoms. The van der Waals surface area contributed by atoms with Gasteiger partial charge in [0.05, 0.1) is 23.8 Å². The number of benzene rings is 3. The van der Waals surface area contributed by atoms with Crippen LogP contribution in [0.3, 0.4) is 0 Å². The Morgan fingerprint density at radius 1 is 0.971 bits per heavy atom. The second-order valence-corrected chi connectivity index (χ2v) is 8.20. The third-order valence-corrected chi connectivity index (χ3v) is 5.53. The molecule has 0 saturated carbocycles. The molecular formula is C28H22F2N2O3. The molecule has 176 valence electrons. The van der Waals surface area contributed by atoms with Gasteiger partial charge < -0.3 is 5.11 Å². The van der Waals surface area contributed by atoms with Crippen molar-refractivity contribution in [2.45, 2.75) is 32.2 Å². The molecule has 0 unspecified atom stereocenters. The Hall–Kier alpha value is -4.31. The summed E-state index contributed by atoms with van der Waals surface area (Å²) in [6.45, 7) is 0.0671. The van der Waals surface area contributed by atoms with E-state index >= 15 is 0 Å². The average Bonchev–Trinajstić information content (AvgIpc) is 2.83. The molecule has 0 aliphatic heterocycles. The number of aromatic nitrogens is 2. The Morgan fingerprint density at radius 2 is 1.80 bits per heavy atom. The van der Waals surface area contributed by atoms with E-state index in [9.17, 15) is 18.4 Å². The molecule has 1 aromatic heterocycles. The van der Waals surface area contributed by atoms with Gasteiger partial charge in [-0.15, -0.1) is 0 Å². The van der Waals surface area contributed by atoms with Gasteiger partial charge in [-0.3, -0.25) is 14.2 Å². The molecule has 4 aromatic rings. The lowest BCUT2D eigenvalue weighted by molar-refractivity contribution is -0.137. The first-order chi connectivity index (χ1) is 16.9. The third-order valence-electron chi connectivity index (χ3n) is 5.53. The number of halogens is 2. The maximum Gasteiger partial charge on any atom is 0.303 e. The minimum absolute atomic E-state index is 0.0671. The van der Waals surface area contributed by atoms with Crippen LogP contribution in [0, 0.1) is 23.5 Å². The van der Waals surface area contributed by atoms with Gasteiger partial charge in [0.15, 0.2) is 11.6 Å². The van der Waals surface area contributed by atoms with Crippen LogP contribution in [-0.4, -0.2) is 20.6 Å². The lowest BCUT2D eigenvalue weighted by Gasteiger charge is -2.07. The largest absolute Gasteiger partial charge is 0.481 e. The van der Waals surface area contributed by atoms with Crippen molar-refractivity contribution in [3.8, 4) is 11.8 Å². The zero-order valence-electron chi connectivity index (χ0n) is 18.8. The zero-order valence-corrected chi connectivity index (χ0v) is 18.8. The Bertz CT molecular complexity index is 1520. The minimum atomic E-state index is -0.965. The predicted octanol–water partition coefficient (Wildman–Crippen LogP) is 4.72. The molecule has 4 rings (SSSR count). The molecule has 0 radical (unpaired) electrons. The van der Waals surface area contributed by atoms with Crippen molar-refractivity contribution < 1.29 is 18.7 Å². The van der Waals surface area contributed by atoms with E-state index in [1.54, 1.807) is 18.2 Å². The Balaban J connectivity index is 1.50. The minimum Gasteiger partial charge on any atom is -0.481 e. The number of aliphatic carboxylic acids is 1. The summed E-state index contributed by atoms with van der Waals surface area (Å²) in [6.07, 6.45) is 3.33. The summed E-state index contributed by atoms with van der Waals surface area (Å²) < 4.78 is 28.1. The van der Waals surface area contributed by atoms with Crippen LogP contribution >= 0.6 is 0 Å². The van der Waals surface area contributed by atoms with E-state index in [1.807, 2.05) is 24.3 Å². The van der Waals surface area contributed by atoms with Crippen LogP contribution in [0.5, 0.6) is 0 Å². The highest BCUT2D eigenvalue weighted by Crippen LogP contribution is 2.13. The van der Waals surface area contributed by atoms with Gasteiger partial charge in [0.25, 0.3) is 5.56 Å². The van der Waals surface area contributed by atoms with Crippen molar-refractivity contribution in [3.63, 3.8) is 0 Å². The van der Waals surface area contributed by atoms with Crippen molar-refractivity contribution in [3.05, 3.63) is 111 Å². The number of hydrogen-bond acceptors (Lipinski definition) is 3. The average molecular weight is 472 g/mol. The SMILES string of the molecule is O=C(O)CCCc1cccc(CC#Cc2ccc3ncn(Cc4ccc(F)c(F)c4)c(=O)c3c2)c1. The number of carboxylic acid groups (broad SMARTS) is 1. The third kappa shape index (κ3) is 6.18. The molecule has 1 N–H and O–H groups in total. The van der Waals surface area contributed by atoms with Gasteiger partial charge in [-0.25, -0.2) is 13.8 Å². The van der Waals surface area contributed by atoms with Crippen LogP contribution in [0.25, 0.3) is 10.9 Å². The summed E-state index contributed by atoms with van der Waals surface area (Å²) >= 11 is 0. The van der Waals surface area contributed by atoms with E-state index in [1.165, 1.54) is 17.0 Å². The van der Waals surface area contributed by atoms with E-state index in [0.29, 0.717) is 41.3 Å². The van der Waals surface area contributed by atoms with Gasteiger partial charge >= 0.3 is 5.97 Å². The molecule has 5 nitrogen and oxygen atoms in total. The molecule has 0 amide bonds. The highest BCUT2D eigenvalue weighted by molar-refractivity contribution is 5.79. The van der Waals surface area contributed by atoms with Gasteiger partial charge in [-0.05, 0) is 59.9 Å². The molecule has 0 bridgehead atoms. The molecule has 0 aliphatic carbocycles. The second kappa shape index (κ2) is 10.7. The zero-order chi connectivity index (χ0) is 24.8. The maximum atomic E-state index is 13.5. The Kier molecular flexibility index (Phi) is 7.32. The molecule has 35 heavy (non-hydrogen) atoms. The monoisotopic (exact) mass is 472 g/mol. The van der Waals surface area contributed by atoms with Gasteiger partial charge in [0.2, 0.25) is 0 Å². The Labute approximate surface area is 200 Å². The van der Waals surface area contributed by atoms with Crippen LogP contribution in [0.2, 0.25) is 0 Å². The topological polar surface area (TPSA) is 72.2 Å². The van der Waals surface area contributed by atoms with Gasteiger partial charge in [0, 0.05) is 18.4 Å². The number of nitrogens with zero attached hydrogens (tertiary/aromatic N) is 2. The molecule has 0 aliphatic rings. The number of carbonyl (C=O) groups is 1. The fraction of sp³-hybridized carbons (Fsp3) is 0.179. The molecule has 1 heterocycles. The summed E-state index contributed by atoms with van der Waals surface area (Å²) in [5.74, 6) is 3.50. The molecule has 0 atom stereocenters. The quantitative estimate of drug-likeness (QED) is 0.395. The van der Waals surface area contributed by atoms with Crippen LogP contribution in [0.1, 0.15) is 35.1 Å². The fourth-order valence-corrected chi connectivity index (χ4v) is 3.77. The summed E-state index contributed by atoms with van der Waals surface area (Å²) in [5.41, 5.74) is 3.45. The standard InChI is InChI=1S/C28H22F2N2O3/c29-24-12-10-22(16-25(24)30)17-32-18-31-26-13-11-21(15-23(26)28(32)35)7-2-6-19-4-1-5-20(14-19)8-3-9-27(33)34/h1,4-5,10-16,18H,3,6,8-9,17H2,(H,33,34). The van der Waals surface area contributed by atoms with Crippen molar-refractivity contribution in [2.75, 3.05) is 0 Å². The number of carboxylic acids is 1. The second-order valence-electron chi connectivity index (χ2n) is 8.20. The normalized spacial score (nSPS) is 10.7. The number of hydrogen-bond donors (Lipinski definition) is 1. The molecule has 0 saturated heterocycles. The molecule has 3 aromatic carbocycles. The van der Waals surface area contributed by atoms with E-state index in [4.69, 9.17) is 5.11 Å². The Morgan fingerprint density at radius 3 is 2.60 bits per heavy atom. The summed E-state index contributed by atoms with van der Waals surface area (Å²) in [7, 11) is 0. The smallest absolute Gasteiger partial charge is 0.303 e. The summed E-state index contributed by atoms with van der Waals surface area (Å²) in [4.78, 5) is 28.0. The van der Waals surface area contributed by atoms with Gasteiger partial charge in [0.1, 0.15) is 0 Å². The first-order valence-corrected chi connectivity index (χ1v) is 11.1. The van der Waals surface area contributed by atoms with Crippen molar-refractivity contribution >= 4 is 16.9 Å². The molecule has 0 fully saturated rings. The first kappa shape index (κ1) is 23.8. The summed E-state index contributed by atoms with van der Waals surface area (Å²) in [5, 5.41) is 9.18. The van der Waals surface area contributed by atoms with E-state index in [0.717, 1.165) is 23.3 Å². The highest BCUT2D eigenvalue weighted by Gasteiger charge is 2.08. The number of aryl methyl sites for hydroxylation is 1. The van der Waals surface area contributed by atoms with Crippen LogP contribution in [0.15, 0.2) is 71.8 Å². The van der Waals surface area contributed by atoms with E-state index in [-0.39, 0.29) is 18.5 Å². The maximum absolute atomic E-state index is 13.5.